The van der Waals surface area contributed by atoms with Gasteiger partial charge in [0.2, 0.25) is 11.7 Å². The minimum atomic E-state index is -1.11. The predicted molar refractivity (Wildman–Crippen MR) is 125 cm³/mol. The van der Waals surface area contributed by atoms with E-state index in [1.165, 1.54) is 13.3 Å². The van der Waals surface area contributed by atoms with Crippen molar-refractivity contribution in [2.45, 2.75) is 45.3 Å². The first kappa shape index (κ1) is 26.0. The van der Waals surface area contributed by atoms with Crippen LogP contribution in [-0.4, -0.2) is 47.5 Å². The van der Waals surface area contributed by atoms with Gasteiger partial charge in [0, 0.05) is 22.7 Å². The Morgan fingerprint density at radius 3 is 2.45 bits per heavy atom. The van der Waals surface area contributed by atoms with E-state index in [0.717, 1.165) is 0 Å². The number of amides is 2. The summed E-state index contributed by atoms with van der Waals surface area (Å²) in [6, 6.07) is 8.61. The Morgan fingerprint density at radius 1 is 1.12 bits per heavy atom. The molecule has 0 saturated carbocycles. The zero-order valence-electron chi connectivity index (χ0n) is 18.8. The average Bonchev–Trinajstić information content (AvgIpc) is 2.74. The van der Waals surface area contributed by atoms with Crippen molar-refractivity contribution in [3.63, 3.8) is 0 Å². The number of carbonyl (C=O) groups excluding carboxylic acids is 4. The van der Waals surface area contributed by atoms with Crippen LogP contribution >= 0.6 is 15.9 Å². The van der Waals surface area contributed by atoms with Crippen molar-refractivity contribution in [2.75, 3.05) is 12.4 Å². The van der Waals surface area contributed by atoms with E-state index in [2.05, 4.69) is 36.3 Å². The van der Waals surface area contributed by atoms with Gasteiger partial charge < -0.3 is 20.1 Å². The molecule has 0 radical (unpaired) electrons. The van der Waals surface area contributed by atoms with Gasteiger partial charge in [-0.25, -0.2) is 4.79 Å². The van der Waals surface area contributed by atoms with E-state index in [4.69, 9.17) is 4.74 Å². The Balaban J connectivity index is 2.24. The highest BCUT2D eigenvalue weighted by molar-refractivity contribution is 9.10. The maximum atomic E-state index is 13.0. The third-order valence-electron chi connectivity index (χ3n) is 4.26. The van der Waals surface area contributed by atoms with Crippen LogP contribution in [0.3, 0.4) is 0 Å². The first-order chi connectivity index (χ1) is 15.5. The van der Waals surface area contributed by atoms with Gasteiger partial charge in [-0.15, -0.1) is 0 Å². The fourth-order valence-corrected chi connectivity index (χ4v) is 3.09. The number of rotatable bonds is 8. The molecule has 1 aromatic carbocycles. The van der Waals surface area contributed by atoms with Crippen LogP contribution in [0.5, 0.6) is 0 Å². The number of esters is 1. The number of alkyl carbamates (subject to hydrolysis) is 1. The maximum absolute atomic E-state index is 13.0. The lowest BCUT2D eigenvalue weighted by molar-refractivity contribution is -0.140. The minimum Gasteiger partial charge on any atom is -0.469 e. The van der Waals surface area contributed by atoms with E-state index in [0.29, 0.717) is 4.47 Å². The van der Waals surface area contributed by atoms with Crippen LogP contribution in [0, 0.1) is 0 Å². The quantitative estimate of drug-likeness (QED) is 0.400. The lowest BCUT2D eigenvalue weighted by atomic mass is 10.0. The fraction of sp³-hybridized carbons (Fsp3) is 0.348. The molecule has 1 aromatic heterocycles. The second-order valence-electron chi connectivity index (χ2n) is 8.04. The molecule has 0 bridgehead atoms. The number of pyridine rings is 1. The monoisotopic (exact) mass is 519 g/mol. The lowest BCUT2D eigenvalue weighted by Gasteiger charge is -2.23. The summed E-state index contributed by atoms with van der Waals surface area (Å²) in [6.45, 7) is 5.07. The number of carbonyl (C=O) groups is 4. The number of para-hydroxylation sites is 1. The molecule has 2 aromatic rings. The number of ketones is 1. The summed E-state index contributed by atoms with van der Waals surface area (Å²) in [5.41, 5.74) is -0.118. The predicted octanol–water partition coefficient (Wildman–Crippen LogP) is 3.86. The molecule has 0 fully saturated rings. The Morgan fingerprint density at radius 2 is 1.82 bits per heavy atom. The summed E-state index contributed by atoms with van der Waals surface area (Å²) in [5.74, 6) is -1.54. The van der Waals surface area contributed by atoms with Crippen molar-refractivity contribution in [1.29, 1.82) is 0 Å². The molecule has 0 aliphatic carbocycles. The fourth-order valence-electron chi connectivity index (χ4n) is 2.76. The lowest BCUT2D eigenvalue weighted by Crippen LogP contribution is -2.46. The number of ether oxygens (including phenoxy) is 2. The average molecular weight is 520 g/mol. The Bertz CT molecular complexity index is 1030. The van der Waals surface area contributed by atoms with Crippen LogP contribution in [0.1, 0.15) is 49.7 Å². The molecule has 2 N–H and O–H groups in total. The van der Waals surface area contributed by atoms with E-state index in [1.807, 2.05) is 0 Å². The summed E-state index contributed by atoms with van der Waals surface area (Å²) >= 11 is 3.31. The highest BCUT2D eigenvalue weighted by Gasteiger charge is 2.26. The smallest absolute Gasteiger partial charge is 0.408 e. The third kappa shape index (κ3) is 8.30. The van der Waals surface area contributed by atoms with Crippen LogP contribution in [0.2, 0.25) is 0 Å². The molecular formula is C23H26BrN3O6. The van der Waals surface area contributed by atoms with Gasteiger partial charge in [-0.2, -0.15) is 0 Å². The molecule has 0 spiro atoms. The first-order valence-electron chi connectivity index (χ1n) is 10.1. The molecule has 1 atom stereocenters. The molecule has 33 heavy (non-hydrogen) atoms. The van der Waals surface area contributed by atoms with Crippen molar-refractivity contribution in [3.05, 3.63) is 58.3 Å². The van der Waals surface area contributed by atoms with Crippen molar-refractivity contribution < 1.29 is 28.7 Å². The van der Waals surface area contributed by atoms with Gasteiger partial charge in [-0.3, -0.25) is 19.4 Å². The van der Waals surface area contributed by atoms with Crippen molar-refractivity contribution in [1.82, 2.24) is 10.3 Å². The number of anilines is 1. The first-order valence-corrected chi connectivity index (χ1v) is 10.9. The maximum Gasteiger partial charge on any atom is 0.408 e. The normalized spacial score (nSPS) is 11.8. The Hall–Kier alpha value is -3.27. The Labute approximate surface area is 200 Å². The number of aromatic nitrogens is 1. The van der Waals surface area contributed by atoms with Gasteiger partial charge in [0.1, 0.15) is 17.3 Å². The second kappa shape index (κ2) is 11.6. The van der Waals surface area contributed by atoms with Crippen LogP contribution in [0.25, 0.3) is 0 Å². The van der Waals surface area contributed by atoms with Crippen molar-refractivity contribution in [2.24, 2.45) is 0 Å². The van der Waals surface area contributed by atoms with Gasteiger partial charge in [-0.1, -0.05) is 28.1 Å². The third-order valence-corrected chi connectivity index (χ3v) is 4.75. The number of halogens is 1. The molecule has 0 aliphatic heterocycles. The number of methoxy groups -OCH3 is 1. The number of hydrogen-bond acceptors (Lipinski definition) is 7. The number of nitrogens with zero attached hydrogens (tertiary/aromatic N) is 1. The largest absolute Gasteiger partial charge is 0.469 e. The van der Waals surface area contributed by atoms with E-state index in [-0.39, 0.29) is 29.8 Å². The molecular weight excluding hydrogens is 494 g/mol. The summed E-state index contributed by atoms with van der Waals surface area (Å²) < 4.78 is 10.5. The number of hydrogen-bond donors (Lipinski definition) is 2. The van der Waals surface area contributed by atoms with Gasteiger partial charge in [0.25, 0.3) is 0 Å². The molecule has 0 saturated heterocycles. The standard InChI is InChI=1S/C23H26BrN3O6/c1-23(2,3)33-22(31)27-17(9-10-19(28)32-4)21(30)26-16-8-6-5-7-15(16)20(29)18-13-14(24)11-12-25-18/h5-8,11-13,17H,9-10H2,1-4H3,(H,26,30)(H,27,31). The topological polar surface area (TPSA) is 124 Å². The summed E-state index contributed by atoms with van der Waals surface area (Å²) in [4.78, 5) is 53.9. The van der Waals surface area contributed by atoms with Crippen LogP contribution in [0.15, 0.2) is 47.1 Å². The number of benzene rings is 1. The summed E-state index contributed by atoms with van der Waals surface area (Å²) in [5, 5.41) is 5.14. The molecule has 0 aliphatic rings. The summed E-state index contributed by atoms with van der Waals surface area (Å²) in [7, 11) is 1.23. The van der Waals surface area contributed by atoms with E-state index < -0.39 is 35.4 Å². The van der Waals surface area contributed by atoms with Gasteiger partial charge >= 0.3 is 12.1 Å². The van der Waals surface area contributed by atoms with Crippen molar-refractivity contribution in [3.8, 4) is 0 Å². The second-order valence-corrected chi connectivity index (χ2v) is 8.95. The van der Waals surface area contributed by atoms with Crippen LogP contribution in [-0.2, 0) is 19.1 Å². The Kier molecular flexibility index (Phi) is 9.10. The van der Waals surface area contributed by atoms with Gasteiger partial charge in [0.05, 0.1) is 12.8 Å². The highest BCUT2D eigenvalue weighted by atomic mass is 79.9. The zero-order valence-corrected chi connectivity index (χ0v) is 20.4. The van der Waals surface area contributed by atoms with Crippen molar-refractivity contribution >= 4 is 45.4 Å². The van der Waals surface area contributed by atoms with Gasteiger partial charge in [0.15, 0.2) is 0 Å². The highest BCUT2D eigenvalue weighted by Crippen LogP contribution is 2.21. The molecule has 1 heterocycles. The van der Waals surface area contributed by atoms with Crippen LogP contribution in [0.4, 0.5) is 10.5 Å². The molecule has 10 heteroatoms. The van der Waals surface area contributed by atoms with E-state index in [1.54, 1.807) is 57.2 Å². The molecule has 1 unspecified atom stereocenters. The van der Waals surface area contributed by atoms with E-state index in [9.17, 15) is 19.2 Å². The molecule has 176 valence electrons. The molecule has 9 nitrogen and oxygen atoms in total. The SMILES string of the molecule is COC(=O)CCC(NC(=O)OC(C)(C)C)C(=O)Nc1ccccc1C(=O)c1cc(Br)ccn1. The van der Waals surface area contributed by atoms with E-state index >= 15 is 0 Å². The number of nitrogens with one attached hydrogen (secondary N) is 2. The zero-order chi connectivity index (χ0) is 24.6. The van der Waals surface area contributed by atoms with Gasteiger partial charge in [-0.05, 0) is 51.5 Å². The molecule has 2 rings (SSSR count). The summed E-state index contributed by atoms with van der Waals surface area (Å²) in [6.07, 6.45) is 0.551. The van der Waals surface area contributed by atoms with Crippen LogP contribution < -0.4 is 10.6 Å². The molecule has 2 amide bonds. The minimum absolute atomic E-state index is 0.0267.